The minimum atomic E-state index is -3.70. The van der Waals surface area contributed by atoms with E-state index in [1.54, 1.807) is 6.07 Å². The third kappa shape index (κ3) is 1.64. The van der Waals surface area contributed by atoms with Crippen LogP contribution in [0.1, 0.15) is 11.1 Å². The summed E-state index contributed by atoms with van der Waals surface area (Å²) in [6, 6.07) is 5.03. The van der Waals surface area contributed by atoms with Crippen LogP contribution in [0, 0.1) is 0 Å². The van der Waals surface area contributed by atoms with Gasteiger partial charge in [0.1, 0.15) is 4.99 Å². The number of nitrogens with two attached hydrogens (primary N) is 1. The Balaban J connectivity index is 2.73. The lowest BCUT2D eigenvalue weighted by Crippen LogP contribution is -2.20. The summed E-state index contributed by atoms with van der Waals surface area (Å²) < 4.78 is 22.7. The van der Waals surface area contributed by atoms with E-state index in [0.29, 0.717) is 17.1 Å². The Morgan fingerprint density at radius 2 is 2.13 bits per heavy atom. The lowest BCUT2D eigenvalue weighted by atomic mass is 10.1. The van der Waals surface area contributed by atoms with Crippen LogP contribution in [-0.2, 0) is 16.6 Å². The van der Waals surface area contributed by atoms with Crippen LogP contribution in [0.15, 0.2) is 23.1 Å². The maximum absolute atomic E-state index is 11.3. The predicted molar refractivity (Wildman–Crippen MR) is 61.0 cm³/mol. The van der Waals surface area contributed by atoms with Crippen molar-refractivity contribution in [1.82, 2.24) is 4.90 Å². The van der Waals surface area contributed by atoms with Gasteiger partial charge in [-0.15, -0.1) is 0 Å². The Hall–Kier alpha value is -0.980. The number of primary sulfonamides is 1. The number of hydrogen-bond acceptors (Lipinski definition) is 3. The van der Waals surface area contributed by atoms with Crippen LogP contribution >= 0.6 is 12.2 Å². The zero-order chi connectivity index (χ0) is 11.2. The zero-order valence-corrected chi connectivity index (χ0v) is 9.73. The molecule has 0 spiro atoms. The van der Waals surface area contributed by atoms with E-state index in [1.807, 2.05) is 18.0 Å². The van der Waals surface area contributed by atoms with Crippen molar-refractivity contribution in [3.05, 3.63) is 29.3 Å². The standard InChI is InChI=1S/C9H10N2O2S2/c1-11-5-6-3-2-4-7(15(10,12)13)8(6)9(11)14/h2-4H,5H2,1H3,(H2,10,12,13). The fourth-order valence-electron chi connectivity index (χ4n) is 1.71. The van der Waals surface area contributed by atoms with Gasteiger partial charge in [0.15, 0.2) is 0 Å². The second-order valence-electron chi connectivity index (χ2n) is 3.50. The molecule has 0 unspecified atom stereocenters. The SMILES string of the molecule is CN1Cc2cccc(S(N)(=O)=O)c2C1=S. The summed E-state index contributed by atoms with van der Waals surface area (Å²) >= 11 is 5.16. The third-order valence-electron chi connectivity index (χ3n) is 2.39. The molecule has 0 saturated carbocycles. The summed E-state index contributed by atoms with van der Waals surface area (Å²) in [7, 11) is -1.87. The molecule has 1 heterocycles. The van der Waals surface area contributed by atoms with Gasteiger partial charge >= 0.3 is 0 Å². The highest BCUT2D eigenvalue weighted by molar-refractivity contribution is 7.89. The molecule has 6 heteroatoms. The zero-order valence-electron chi connectivity index (χ0n) is 8.10. The lowest BCUT2D eigenvalue weighted by molar-refractivity contribution is 0.532. The van der Waals surface area contributed by atoms with Gasteiger partial charge in [0.05, 0.1) is 4.90 Å². The molecule has 0 fully saturated rings. The van der Waals surface area contributed by atoms with E-state index in [1.165, 1.54) is 6.07 Å². The van der Waals surface area contributed by atoms with Crippen LogP contribution in [0.3, 0.4) is 0 Å². The van der Waals surface area contributed by atoms with Gasteiger partial charge < -0.3 is 4.90 Å². The molecule has 1 aliphatic heterocycles. The normalized spacial score (nSPS) is 15.6. The van der Waals surface area contributed by atoms with Gasteiger partial charge in [-0.2, -0.15) is 0 Å². The molecule has 0 saturated heterocycles. The Morgan fingerprint density at radius 3 is 2.73 bits per heavy atom. The van der Waals surface area contributed by atoms with Crippen LogP contribution in [0.4, 0.5) is 0 Å². The van der Waals surface area contributed by atoms with Gasteiger partial charge in [0.2, 0.25) is 10.0 Å². The molecular weight excluding hydrogens is 232 g/mol. The number of benzene rings is 1. The smallest absolute Gasteiger partial charge is 0.238 e. The monoisotopic (exact) mass is 242 g/mol. The molecule has 80 valence electrons. The average Bonchev–Trinajstić information content (AvgIpc) is 2.41. The van der Waals surface area contributed by atoms with E-state index in [0.717, 1.165) is 5.56 Å². The van der Waals surface area contributed by atoms with Crippen LogP contribution in [0.25, 0.3) is 0 Å². The van der Waals surface area contributed by atoms with Crippen LogP contribution in [0.2, 0.25) is 0 Å². The highest BCUT2D eigenvalue weighted by atomic mass is 32.2. The van der Waals surface area contributed by atoms with Crippen LogP contribution in [0.5, 0.6) is 0 Å². The first-order valence-electron chi connectivity index (χ1n) is 4.31. The van der Waals surface area contributed by atoms with E-state index in [2.05, 4.69) is 0 Å². The van der Waals surface area contributed by atoms with Crippen molar-refractivity contribution in [2.45, 2.75) is 11.4 Å². The van der Waals surface area contributed by atoms with Crippen molar-refractivity contribution in [3.63, 3.8) is 0 Å². The topological polar surface area (TPSA) is 63.4 Å². The molecule has 2 N–H and O–H groups in total. The van der Waals surface area contributed by atoms with Gasteiger partial charge in [-0.25, -0.2) is 13.6 Å². The van der Waals surface area contributed by atoms with E-state index in [9.17, 15) is 8.42 Å². The number of nitrogens with zero attached hydrogens (tertiary/aromatic N) is 1. The van der Waals surface area contributed by atoms with Crippen LogP contribution in [-0.4, -0.2) is 25.4 Å². The molecule has 0 radical (unpaired) electrons. The Kier molecular flexibility index (Phi) is 2.29. The average molecular weight is 242 g/mol. The molecule has 1 aromatic rings. The van der Waals surface area contributed by atoms with E-state index in [4.69, 9.17) is 17.4 Å². The number of hydrogen-bond donors (Lipinski definition) is 1. The highest BCUT2D eigenvalue weighted by Gasteiger charge is 2.27. The lowest BCUT2D eigenvalue weighted by Gasteiger charge is -2.09. The summed E-state index contributed by atoms with van der Waals surface area (Å²) in [5, 5.41) is 5.13. The second-order valence-corrected chi connectivity index (χ2v) is 5.41. The first-order valence-corrected chi connectivity index (χ1v) is 6.27. The quantitative estimate of drug-likeness (QED) is 0.726. The van der Waals surface area contributed by atoms with Crippen molar-refractivity contribution in [1.29, 1.82) is 0 Å². The molecule has 0 aromatic heterocycles. The summed E-state index contributed by atoms with van der Waals surface area (Å²) in [6.07, 6.45) is 0. The molecule has 0 atom stereocenters. The molecule has 15 heavy (non-hydrogen) atoms. The van der Waals surface area contributed by atoms with Gasteiger partial charge in [-0.3, -0.25) is 0 Å². The Bertz CT molecular complexity index is 537. The summed E-state index contributed by atoms with van der Waals surface area (Å²) in [6.45, 7) is 0.636. The molecule has 0 bridgehead atoms. The van der Waals surface area contributed by atoms with Gasteiger partial charge in [0.25, 0.3) is 0 Å². The molecular formula is C9H10N2O2S2. The molecule has 2 rings (SSSR count). The fourth-order valence-corrected chi connectivity index (χ4v) is 2.86. The van der Waals surface area contributed by atoms with Crippen molar-refractivity contribution in [2.75, 3.05) is 7.05 Å². The van der Waals surface area contributed by atoms with Gasteiger partial charge in [0, 0.05) is 19.2 Å². The Morgan fingerprint density at radius 1 is 1.47 bits per heavy atom. The second kappa shape index (κ2) is 3.26. The number of thiocarbonyl (C=S) groups is 1. The summed E-state index contributed by atoms with van der Waals surface area (Å²) in [5.41, 5.74) is 1.49. The highest BCUT2D eigenvalue weighted by Crippen LogP contribution is 2.27. The fraction of sp³-hybridized carbons (Fsp3) is 0.222. The molecule has 0 amide bonds. The summed E-state index contributed by atoms with van der Waals surface area (Å²) in [4.78, 5) is 2.48. The number of sulfonamides is 1. The number of rotatable bonds is 1. The van der Waals surface area contributed by atoms with Crippen molar-refractivity contribution in [3.8, 4) is 0 Å². The Labute approximate surface area is 93.7 Å². The van der Waals surface area contributed by atoms with E-state index >= 15 is 0 Å². The van der Waals surface area contributed by atoms with Crippen molar-refractivity contribution in [2.24, 2.45) is 5.14 Å². The largest absolute Gasteiger partial charge is 0.361 e. The van der Waals surface area contributed by atoms with Crippen molar-refractivity contribution < 1.29 is 8.42 Å². The number of fused-ring (bicyclic) bond motifs is 1. The van der Waals surface area contributed by atoms with Gasteiger partial charge in [-0.05, 0) is 11.6 Å². The molecule has 4 nitrogen and oxygen atoms in total. The maximum atomic E-state index is 11.3. The predicted octanol–water partition coefficient (Wildman–Crippen LogP) is 0.455. The van der Waals surface area contributed by atoms with E-state index in [-0.39, 0.29) is 4.90 Å². The minimum absolute atomic E-state index is 0.120. The van der Waals surface area contributed by atoms with Gasteiger partial charge in [-0.1, -0.05) is 24.4 Å². The maximum Gasteiger partial charge on any atom is 0.238 e. The van der Waals surface area contributed by atoms with Crippen molar-refractivity contribution >= 4 is 27.2 Å². The summed E-state index contributed by atoms with van der Waals surface area (Å²) in [5.74, 6) is 0. The van der Waals surface area contributed by atoms with E-state index < -0.39 is 10.0 Å². The minimum Gasteiger partial charge on any atom is -0.361 e. The first kappa shape index (κ1) is 10.5. The van der Waals surface area contributed by atoms with Crippen LogP contribution < -0.4 is 5.14 Å². The third-order valence-corrected chi connectivity index (χ3v) is 3.86. The first-order chi connectivity index (χ1) is 6.91. The molecule has 1 aromatic carbocycles. The molecule has 1 aliphatic rings. The molecule has 0 aliphatic carbocycles.